The van der Waals surface area contributed by atoms with Gasteiger partial charge in [0.1, 0.15) is 0 Å². The number of amides is 2. The molecule has 0 atom stereocenters. The second-order valence-electron chi connectivity index (χ2n) is 6.56. The average Bonchev–Trinajstić information content (AvgIpc) is 2.71. The van der Waals surface area contributed by atoms with E-state index in [1.165, 1.54) is 0 Å². The van der Waals surface area contributed by atoms with E-state index in [4.69, 9.17) is 4.84 Å². The van der Waals surface area contributed by atoms with Crippen LogP contribution < -0.4 is 20.4 Å². The van der Waals surface area contributed by atoms with Gasteiger partial charge in [-0.25, -0.2) is 17.9 Å². The number of anilines is 2. The Bertz CT molecular complexity index is 980. The van der Waals surface area contributed by atoms with Crippen molar-refractivity contribution in [2.24, 2.45) is 0 Å². The molecule has 2 aromatic rings. The van der Waals surface area contributed by atoms with E-state index >= 15 is 0 Å². The standard InChI is InChI=1S/C20H26N4O5S/c1-4-24(13-12-21-30(3,27)28)17-10-11-18(15(2)14-17)22-20(26)29-23-19(25)16-8-6-5-7-9-16/h5-11,14,21H,4,12-13H2,1-3H3,(H,22,26)(H,23,25). The quantitative estimate of drug-likeness (QED) is 0.549. The van der Waals surface area contributed by atoms with Crippen molar-refractivity contribution in [2.75, 3.05) is 36.1 Å². The number of nitrogens with one attached hydrogen (secondary N) is 3. The zero-order chi connectivity index (χ0) is 22.1. The van der Waals surface area contributed by atoms with E-state index in [9.17, 15) is 18.0 Å². The van der Waals surface area contributed by atoms with E-state index in [0.717, 1.165) is 17.5 Å². The Hall–Kier alpha value is -3.11. The maximum Gasteiger partial charge on any atom is 0.436 e. The van der Waals surface area contributed by atoms with Gasteiger partial charge in [0.15, 0.2) is 0 Å². The zero-order valence-electron chi connectivity index (χ0n) is 17.1. The van der Waals surface area contributed by atoms with Gasteiger partial charge >= 0.3 is 6.09 Å². The van der Waals surface area contributed by atoms with Crippen LogP contribution in [-0.2, 0) is 14.9 Å². The summed E-state index contributed by atoms with van der Waals surface area (Å²) >= 11 is 0. The Morgan fingerprint density at radius 3 is 2.40 bits per heavy atom. The number of aryl methyl sites for hydroxylation is 1. The van der Waals surface area contributed by atoms with E-state index in [-0.39, 0.29) is 0 Å². The first-order valence-electron chi connectivity index (χ1n) is 9.33. The maximum atomic E-state index is 12.0. The number of carbonyl (C=O) groups excluding carboxylic acids is 2. The van der Waals surface area contributed by atoms with Crippen molar-refractivity contribution in [3.8, 4) is 0 Å². The molecule has 9 nitrogen and oxygen atoms in total. The molecule has 10 heteroatoms. The maximum absolute atomic E-state index is 12.0. The number of benzene rings is 2. The minimum Gasteiger partial charge on any atom is -0.370 e. The van der Waals surface area contributed by atoms with Gasteiger partial charge in [0.05, 0.1) is 6.26 Å². The lowest BCUT2D eigenvalue weighted by Gasteiger charge is -2.24. The monoisotopic (exact) mass is 434 g/mol. The Morgan fingerprint density at radius 2 is 1.80 bits per heavy atom. The molecular formula is C20H26N4O5S. The predicted molar refractivity (Wildman–Crippen MR) is 116 cm³/mol. The third kappa shape index (κ3) is 7.37. The highest BCUT2D eigenvalue weighted by atomic mass is 32.2. The lowest BCUT2D eigenvalue weighted by atomic mass is 10.1. The third-order valence-corrected chi connectivity index (χ3v) is 4.94. The predicted octanol–water partition coefficient (Wildman–Crippen LogP) is 2.26. The number of hydroxylamine groups is 1. The van der Waals surface area contributed by atoms with E-state index in [2.05, 4.69) is 15.5 Å². The summed E-state index contributed by atoms with van der Waals surface area (Å²) in [5.41, 5.74) is 4.67. The fourth-order valence-electron chi connectivity index (χ4n) is 2.70. The summed E-state index contributed by atoms with van der Waals surface area (Å²) in [5, 5.41) is 2.58. The molecule has 2 amide bonds. The molecule has 3 N–H and O–H groups in total. The van der Waals surface area contributed by atoms with Crippen LogP contribution in [0.5, 0.6) is 0 Å². The van der Waals surface area contributed by atoms with Gasteiger partial charge in [-0.05, 0) is 49.7 Å². The van der Waals surface area contributed by atoms with Crippen LogP contribution in [0.3, 0.4) is 0 Å². The van der Waals surface area contributed by atoms with Crippen LogP contribution in [0.1, 0.15) is 22.8 Å². The highest BCUT2D eigenvalue weighted by Gasteiger charge is 2.12. The van der Waals surface area contributed by atoms with Crippen molar-refractivity contribution in [1.82, 2.24) is 10.2 Å². The first kappa shape index (κ1) is 23.2. The van der Waals surface area contributed by atoms with Crippen LogP contribution in [0, 0.1) is 6.92 Å². The van der Waals surface area contributed by atoms with Crippen molar-refractivity contribution in [3.05, 3.63) is 59.7 Å². The molecule has 0 aromatic heterocycles. The van der Waals surface area contributed by atoms with Gasteiger partial charge in [-0.3, -0.25) is 10.1 Å². The molecule has 0 unspecified atom stereocenters. The fraction of sp³-hybridized carbons (Fsp3) is 0.300. The van der Waals surface area contributed by atoms with Gasteiger partial charge in [-0.1, -0.05) is 18.2 Å². The van der Waals surface area contributed by atoms with Gasteiger partial charge < -0.3 is 9.74 Å². The topological polar surface area (TPSA) is 117 Å². The third-order valence-electron chi connectivity index (χ3n) is 4.21. The largest absolute Gasteiger partial charge is 0.436 e. The number of likely N-dealkylation sites (N-methyl/N-ethyl adjacent to an activating group) is 1. The highest BCUT2D eigenvalue weighted by molar-refractivity contribution is 7.88. The number of sulfonamides is 1. The number of hydrogen-bond donors (Lipinski definition) is 3. The first-order valence-corrected chi connectivity index (χ1v) is 11.2. The highest BCUT2D eigenvalue weighted by Crippen LogP contribution is 2.22. The second-order valence-corrected chi connectivity index (χ2v) is 8.39. The van der Waals surface area contributed by atoms with Gasteiger partial charge in [-0.2, -0.15) is 5.48 Å². The van der Waals surface area contributed by atoms with E-state index in [1.807, 2.05) is 30.9 Å². The normalized spacial score (nSPS) is 10.9. The molecule has 0 fully saturated rings. The number of hydrogen-bond acceptors (Lipinski definition) is 6. The number of nitrogens with zero attached hydrogens (tertiary/aromatic N) is 1. The Morgan fingerprint density at radius 1 is 1.10 bits per heavy atom. The summed E-state index contributed by atoms with van der Waals surface area (Å²) in [6.45, 7) is 5.27. The number of carbonyl (C=O) groups is 2. The molecule has 0 heterocycles. The summed E-state index contributed by atoms with van der Waals surface area (Å²) in [6.07, 6.45) is 0.301. The van der Waals surface area contributed by atoms with Crippen LogP contribution in [0.15, 0.2) is 48.5 Å². The Kier molecular flexibility index (Phi) is 8.19. The van der Waals surface area contributed by atoms with E-state index in [1.54, 1.807) is 36.4 Å². The molecule has 0 aliphatic rings. The minimum absolute atomic E-state index is 0.291. The molecular weight excluding hydrogens is 408 g/mol. The molecule has 30 heavy (non-hydrogen) atoms. The summed E-state index contributed by atoms with van der Waals surface area (Å²) in [7, 11) is -3.24. The average molecular weight is 435 g/mol. The molecule has 0 saturated carbocycles. The van der Waals surface area contributed by atoms with E-state index < -0.39 is 22.0 Å². The van der Waals surface area contributed by atoms with Gasteiger partial charge in [0.2, 0.25) is 10.0 Å². The molecule has 0 saturated heterocycles. The summed E-state index contributed by atoms with van der Waals surface area (Å²) in [4.78, 5) is 30.7. The van der Waals surface area contributed by atoms with Crippen molar-refractivity contribution in [1.29, 1.82) is 0 Å². The van der Waals surface area contributed by atoms with Crippen LogP contribution in [0.2, 0.25) is 0 Å². The summed E-state index contributed by atoms with van der Waals surface area (Å²) in [5.74, 6) is -0.529. The number of rotatable bonds is 8. The van der Waals surface area contributed by atoms with Crippen molar-refractivity contribution in [3.63, 3.8) is 0 Å². The molecule has 162 valence electrons. The van der Waals surface area contributed by atoms with E-state index in [0.29, 0.717) is 30.9 Å². The summed E-state index contributed by atoms with van der Waals surface area (Å²) in [6, 6.07) is 13.8. The minimum atomic E-state index is -3.24. The Labute approximate surface area is 176 Å². The molecule has 0 radical (unpaired) electrons. The molecule has 0 spiro atoms. The van der Waals surface area contributed by atoms with Crippen LogP contribution >= 0.6 is 0 Å². The zero-order valence-corrected chi connectivity index (χ0v) is 18.0. The molecule has 0 aliphatic carbocycles. The summed E-state index contributed by atoms with van der Waals surface area (Å²) < 4.78 is 24.9. The van der Waals surface area contributed by atoms with Crippen LogP contribution in [-0.4, -0.2) is 46.3 Å². The smallest absolute Gasteiger partial charge is 0.370 e. The van der Waals surface area contributed by atoms with Crippen molar-refractivity contribution < 1.29 is 22.8 Å². The van der Waals surface area contributed by atoms with Gasteiger partial charge in [0.25, 0.3) is 5.91 Å². The Balaban J connectivity index is 1.92. The van der Waals surface area contributed by atoms with Crippen LogP contribution in [0.25, 0.3) is 0 Å². The first-order chi connectivity index (χ1) is 14.2. The molecule has 2 aromatic carbocycles. The molecule has 0 bridgehead atoms. The second kappa shape index (κ2) is 10.6. The lowest BCUT2D eigenvalue weighted by molar-refractivity contribution is 0.0615. The van der Waals surface area contributed by atoms with Crippen molar-refractivity contribution in [2.45, 2.75) is 13.8 Å². The van der Waals surface area contributed by atoms with Crippen LogP contribution in [0.4, 0.5) is 16.2 Å². The lowest BCUT2D eigenvalue weighted by Crippen LogP contribution is -2.34. The van der Waals surface area contributed by atoms with Gasteiger partial charge in [-0.15, -0.1) is 0 Å². The molecule has 2 rings (SSSR count). The molecule has 0 aliphatic heterocycles. The SMILES string of the molecule is CCN(CCNS(C)(=O)=O)c1ccc(NC(=O)ONC(=O)c2ccccc2)c(C)c1. The van der Waals surface area contributed by atoms with Gasteiger partial charge in [0, 0.05) is 36.6 Å². The fourth-order valence-corrected chi connectivity index (χ4v) is 3.16. The van der Waals surface area contributed by atoms with Crippen molar-refractivity contribution >= 4 is 33.4 Å².